The van der Waals surface area contributed by atoms with Crippen LogP contribution in [0.4, 0.5) is 0 Å². The van der Waals surface area contributed by atoms with Gasteiger partial charge in [-0.05, 0) is 40.5 Å². The Hall–Kier alpha value is -0.610. The average Bonchev–Trinajstić information content (AvgIpc) is 2.17. The molecule has 1 aliphatic rings. The summed E-state index contributed by atoms with van der Waals surface area (Å²) in [5.74, 6) is -0.704. The van der Waals surface area contributed by atoms with Gasteiger partial charge >= 0.3 is 5.97 Å². The van der Waals surface area contributed by atoms with Gasteiger partial charge in [-0.25, -0.2) is 0 Å². The van der Waals surface area contributed by atoms with Gasteiger partial charge in [-0.3, -0.25) is 10.1 Å². The highest BCUT2D eigenvalue weighted by Crippen LogP contribution is 2.24. The summed E-state index contributed by atoms with van der Waals surface area (Å²) in [5, 5.41) is 12.6. The van der Waals surface area contributed by atoms with Crippen molar-refractivity contribution in [2.24, 2.45) is 0 Å². The molecule has 0 aromatic heterocycles. The van der Waals surface area contributed by atoms with Crippen LogP contribution < -0.4 is 5.32 Å². The van der Waals surface area contributed by atoms with Crippen molar-refractivity contribution in [1.29, 1.82) is 0 Å². The fourth-order valence-corrected chi connectivity index (χ4v) is 2.39. The normalized spacial score (nSPS) is 21.6. The minimum absolute atomic E-state index is 0.210. The third-order valence-electron chi connectivity index (χ3n) is 3.36. The van der Waals surface area contributed by atoms with Gasteiger partial charge in [0.05, 0.1) is 0 Å². The smallest absolute Gasteiger partial charge is 0.324 e. The maximum absolute atomic E-state index is 11.4. The predicted molar refractivity (Wildman–Crippen MR) is 64.6 cm³/mol. The standard InChI is InChI=1S/C12H24N2O2/c1-9(2)13-12(11(15)16)5-7-14(8-6-12)10(3)4/h9-10,13H,5-8H2,1-4H3,(H,15,16). The van der Waals surface area contributed by atoms with Gasteiger partial charge in [0.25, 0.3) is 0 Å². The summed E-state index contributed by atoms with van der Waals surface area (Å²) in [5.41, 5.74) is -0.709. The van der Waals surface area contributed by atoms with Gasteiger partial charge in [0.2, 0.25) is 0 Å². The summed E-state index contributed by atoms with van der Waals surface area (Å²) in [4.78, 5) is 13.7. The number of nitrogens with zero attached hydrogens (tertiary/aromatic N) is 1. The lowest BCUT2D eigenvalue weighted by Gasteiger charge is -2.42. The second kappa shape index (κ2) is 5.15. The molecule has 0 unspecified atom stereocenters. The molecule has 1 aliphatic heterocycles. The van der Waals surface area contributed by atoms with E-state index in [2.05, 4.69) is 24.1 Å². The van der Waals surface area contributed by atoms with Gasteiger partial charge in [-0.1, -0.05) is 0 Å². The molecule has 1 saturated heterocycles. The van der Waals surface area contributed by atoms with Gasteiger partial charge in [-0.15, -0.1) is 0 Å². The van der Waals surface area contributed by atoms with Crippen molar-refractivity contribution in [3.05, 3.63) is 0 Å². The molecule has 0 saturated carbocycles. The van der Waals surface area contributed by atoms with Crippen LogP contribution >= 0.6 is 0 Å². The lowest BCUT2D eigenvalue weighted by molar-refractivity contribution is -0.147. The highest BCUT2D eigenvalue weighted by atomic mass is 16.4. The zero-order valence-electron chi connectivity index (χ0n) is 10.8. The largest absolute Gasteiger partial charge is 0.480 e. The van der Waals surface area contributed by atoms with Crippen LogP contribution in [0.5, 0.6) is 0 Å². The fraction of sp³-hybridized carbons (Fsp3) is 0.917. The van der Waals surface area contributed by atoms with Gasteiger partial charge < -0.3 is 10.0 Å². The molecule has 16 heavy (non-hydrogen) atoms. The number of rotatable bonds is 4. The van der Waals surface area contributed by atoms with Crippen LogP contribution in [0.25, 0.3) is 0 Å². The number of nitrogens with one attached hydrogen (secondary N) is 1. The molecule has 0 aromatic carbocycles. The molecule has 1 rings (SSSR count). The van der Waals surface area contributed by atoms with E-state index in [0.717, 1.165) is 13.1 Å². The second-order valence-electron chi connectivity index (χ2n) is 5.32. The Balaban J connectivity index is 2.66. The fourth-order valence-electron chi connectivity index (χ4n) is 2.39. The van der Waals surface area contributed by atoms with E-state index in [1.165, 1.54) is 0 Å². The zero-order valence-corrected chi connectivity index (χ0v) is 10.8. The van der Waals surface area contributed by atoms with Crippen LogP contribution in [0.15, 0.2) is 0 Å². The number of carboxylic acid groups (broad SMARTS) is 1. The Bertz CT molecular complexity index is 243. The molecule has 0 bridgehead atoms. The molecular weight excluding hydrogens is 204 g/mol. The second-order valence-corrected chi connectivity index (χ2v) is 5.32. The van der Waals surface area contributed by atoms with Crippen molar-refractivity contribution < 1.29 is 9.90 Å². The van der Waals surface area contributed by atoms with E-state index < -0.39 is 11.5 Å². The van der Waals surface area contributed by atoms with E-state index in [4.69, 9.17) is 0 Å². The maximum Gasteiger partial charge on any atom is 0.324 e. The van der Waals surface area contributed by atoms with E-state index in [1.54, 1.807) is 0 Å². The molecule has 1 fully saturated rings. The third kappa shape index (κ3) is 2.95. The highest BCUT2D eigenvalue weighted by molar-refractivity contribution is 5.79. The molecular formula is C12H24N2O2. The molecule has 94 valence electrons. The summed E-state index contributed by atoms with van der Waals surface area (Å²) >= 11 is 0. The van der Waals surface area contributed by atoms with Gasteiger partial charge in [0.15, 0.2) is 0 Å². The van der Waals surface area contributed by atoms with E-state index in [9.17, 15) is 9.90 Å². The molecule has 4 heteroatoms. The SMILES string of the molecule is CC(C)NC1(C(=O)O)CCN(C(C)C)CC1. The van der Waals surface area contributed by atoms with Crippen molar-refractivity contribution in [2.75, 3.05) is 13.1 Å². The number of piperidine rings is 1. The summed E-state index contributed by atoms with van der Waals surface area (Å²) in [6.45, 7) is 10.0. The zero-order chi connectivity index (χ0) is 12.3. The highest BCUT2D eigenvalue weighted by Gasteiger charge is 2.41. The van der Waals surface area contributed by atoms with Gasteiger partial charge in [0, 0.05) is 25.2 Å². The monoisotopic (exact) mass is 228 g/mol. The minimum Gasteiger partial charge on any atom is -0.480 e. The van der Waals surface area contributed by atoms with Crippen LogP contribution in [0.3, 0.4) is 0 Å². The lowest BCUT2D eigenvalue weighted by atomic mass is 9.86. The van der Waals surface area contributed by atoms with Gasteiger partial charge in [-0.2, -0.15) is 0 Å². The first-order valence-corrected chi connectivity index (χ1v) is 6.12. The molecule has 0 radical (unpaired) electrons. The Morgan fingerprint density at radius 1 is 1.25 bits per heavy atom. The Labute approximate surface area is 98.0 Å². The number of hydrogen-bond acceptors (Lipinski definition) is 3. The van der Waals surface area contributed by atoms with Crippen molar-refractivity contribution >= 4 is 5.97 Å². The minimum atomic E-state index is -0.709. The van der Waals surface area contributed by atoms with Crippen LogP contribution in [0.2, 0.25) is 0 Å². The van der Waals surface area contributed by atoms with Crippen LogP contribution in [-0.4, -0.2) is 46.7 Å². The number of aliphatic carboxylic acids is 1. The molecule has 4 nitrogen and oxygen atoms in total. The van der Waals surface area contributed by atoms with E-state index >= 15 is 0 Å². The van der Waals surface area contributed by atoms with E-state index in [0.29, 0.717) is 18.9 Å². The van der Waals surface area contributed by atoms with Gasteiger partial charge in [0.1, 0.15) is 5.54 Å². The number of hydrogen-bond donors (Lipinski definition) is 2. The number of carboxylic acids is 1. The van der Waals surface area contributed by atoms with Crippen molar-refractivity contribution in [2.45, 2.75) is 58.2 Å². The van der Waals surface area contributed by atoms with Crippen molar-refractivity contribution in [3.63, 3.8) is 0 Å². The molecule has 0 aliphatic carbocycles. The average molecular weight is 228 g/mol. The maximum atomic E-state index is 11.4. The van der Waals surface area contributed by atoms with Crippen LogP contribution in [0, 0.1) is 0 Å². The molecule has 0 spiro atoms. The number of likely N-dealkylation sites (tertiary alicyclic amines) is 1. The summed E-state index contributed by atoms with van der Waals surface area (Å²) in [6.07, 6.45) is 1.39. The van der Waals surface area contributed by atoms with Crippen LogP contribution in [-0.2, 0) is 4.79 Å². The Morgan fingerprint density at radius 3 is 2.06 bits per heavy atom. The quantitative estimate of drug-likeness (QED) is 0.762. The lowest BCUT2D eigenvalue weighted by Crippen LogP contribution is -2.60. The first-order valence-electron chi connectivity index (χ1n) is 6.12. The molecule has 0 amide bonds. The van der Waals surface area contributed by atoms with Crippen molar-refractivity contribution in [3.8, 4) is 0 Å². The first kappa shape index (κ1) is 13.5. The van der Waals surface area contributed by atoms with Crippen LogP contribution in [0.1, 0.15) is 40.5 Å². The number of carbonyl (C=O) groups is 1. The molecule has 2 N–H and O–H groups in total. The molecule has 1 heterocycles. The Kier molecular flexibility index (Phi) is 4.33. The van der Waals surface area contributed by atoms with E-state index in [-0.39, 0.29) is 6.04 Å². The first-order chi connectivity index (χ1) is 7.37. The van der Waals surface area contributed by atoms with Crippen molar-refractivity contribution in [1.82, 2.24) is 10.2 Å². The Morgan fingerprint density at radius 2 is 1.75 bits per heavy atom. The summed E-state index contributed by atoms with van der Waals surface area (Å²) < 4.78 is 0. The third-order valence-corrected chi connectivity index (χ3v) is 3.36. The summed E-state index contributed by atoms with van der Waals surface area (Å²) in [6, 6.07) is 0.715. The molecule has 0 atom stereocenters. The topological polar surface area (TPSA) is 52.6 Å². The predicted octanol–water partition coefficient (Wildman–Crippen LogP) is 1.31. The molecule has 0 aromatic rings. The summed E-state index contributed by atoms with van der Waals surface area (Å²) in [7, 11) is 0. The van der Waals surface area contributed by atoms with E-state index in [1.807, 2.05) is 13.8 Å².